The first-order chi connectivity index (χ1) is 15.0. The molecule has 0 radical (unpaired) electrons. The van der Waals surface area contributed by atoms with Gasteiger partial charge in [-0.05, 0) is 28.5 Å². The highest BCUT2D eigenvalue weighted by atomic mass is 32.2. The van der Waals surface area contributed by atoms with E-state index in [0.717, 1.165) is 17.3 Å². The summed E-state index contributed by atoms with van der Waals surface area (Å²) < 4.78 is 1.58. The summed E-state index contributed by atoms with van der Waals surface area (Å²) in [6.07, 6.45) is 0. The lowest BCUT2D eigenvalue weighted by Gasteiger charge is -2.22. The van der Waals surface area contributed by atoms with Gasteiger partial charge in [0, 0.05) is 0 Å². The molecule has 0 bridgehead atoms. The van der Waals surface area contributed by atoms with Crippen LogP contribution in [0.25, 0.3) is 0 Å². The number of nitrogens with one attached hydrogen (secondary N) is 2. The zero-order chi connectivity index (χ0) is 21.8. The number of nitrogens with zero attached hydrogens (tertiary/aromatic N) is 5. The fourth-order valence-corrected chi connectivity index (χ4v) is 3.82. The van der Waals surface area contributed by atoms with Gasteiger partial charge in [0.25, 0.3) is 5.91 Å². The fourth-order valence-electron chi connectivity index (χ4n) is 3.15. The molecular weight excluding hydrogens is 418 g/mol. The maximum absolute atomic E-state index is 12.8. The molecule has 1 atom stereocenters. The average Bonchev–Trinajstić information content (AvgIpc) is 3.31. The van der Waals surface area contributed by atoms with Crippen molar-refractivity contribution in [2.75, 3.05) is 5.75 Å². The zero-order valence-corrected chi connectivity index (χ0v) is 17.4. The van der Waals surface area contributed by atoms with E-state index in [1.54, 1.807) is 35.9 Å². The third-order valence-electron chi connectivity index (χ3n) is 4.79. The predicted molar refractivity (Wildman–Crippen MR) is 111 cm³/mol. The van der Waals surface area contributed by atoms with Crippen LogP contribution in [0.2, 0.25) is 0 Å². The van der Waals surface area contributed by atoms with Gasteiger partial charge in [0.2, 0.25) is 11.1 Å². The number of aromatic nitrogens is 4. The molecule has 1 aromatic heterocycles. The molecule has 4 rings (SSSR count). The molecule has 3 aromatic rings. The van der Waals surface area contributed by atoms with E-state index < -0.39 is 23.4 Å². The largest absolute Gasteiger partial charge is 0.344 e. The van der Waals surface area contributed by atoms with Gasteiger partial charge in [-0.2, -0.15) is 5.01 Å². The Hall–Kier alpha value is -3.73. The fraction of sp³-hybridized carbons (Fsp3) is 0.200. The van der Waals surface area contributed by atoms with Crippen LogP contribution in [0.3, 0.4) is 0 Å². The minimum absolute atomic E-state index is 0.0751. The van der Waals surface area contributed by atoms with Crippen LogP contribution in [-0.2, 0) is 21.7 Å². The molecule has 158 valence electrons. The molecule has 1 fully saturated rings. The van der Waals surface area contributed by atoms with Gasteiger partial charge in [-0.15, -0.1) is 5.10 Å². The highest BCUT2D eigenvalue weighted by molar-refractivity contribution is 7.99. The zero-order valence-electron chi connectivity index (χ0n) is 16.6. The first kappa shape index (κ1) is 20.5. The molecule has 2 heterocycles. The molecule has 2 aromatic carbocycles. The minimum atomic E-state index is -1.25. The Morgan fingerprint density at radius 3 is 2.48 bits per heavy atom. The van der Waals surface area contributed by atoms with Gasteiger partial charge in [-0.1, -0.05) is 72.4 Å². The van der Waals surface area contributed by atoms with Crippen molar-refractivity contribution in [3.63, 3.8) is 0 Å². The molecular formula is C20H19N7O3S. The van der Waals surface area contributed by atoms with Gasteiger partial charge in [0.1, 0.15) is 5.54 Å². The summed E-state index contributed by atoms with van der Waals surface area (Å²) >= 11 is 1.11. The van der Waals surface area contributed by atoms with E-state index in [4.69, 9.17) is 0 Å². The first-order valence-electron chi connectivity index (χ1n) is 9.42. The number of hydrazine groups is 1. The smallest absolute Gasteiger partial charge is 0.318 e. The number of rotatable bonds is 7. The monoisotopic (exact) mass is 437 g/mol. The lowest BCUT2D eigenvalue weighted by atomic mass is 9.92. The highest BCUT2D eigenvalue weighted by Gasteiger charge is 2.49. The molecule has 11 heteroatoms. The Balaban J connectivity index is 1.37. The molecule has 2 N–H and O–H groups in total. The molecule has 1 saturated heterocycles. The summed E-state index contributed by atoms with van der Waals surface area (Å²) in [4.78, 5) is 37.6. The highest BCUT2D eigenvalue weighted by Crippen LogP contribution is 2.27. The van der Waals surface area contributed by atoms with Crippen LogP contribution in [0.4, 0.5) is 4.79 Å². The second-order valence-electron chi connectivity index (χ2n) is 6.99. The second kappa shape index (κ2) is 8.56. The summed E-state index contributed by atoms with van der Waals surface area (Å²) in [5.74, 6) is -1.16. The Labute approximate surface area is 182 Å². The number of thioether (sulfide) groups is 1. The van der Waals surface area contributed by atoms with E-state index in [1.807, 2.05) is 36.4 Å². The number of carbonyl (C=O) groups excluding carboxylic acids is 3. The topological polar surface area (TPSA) is 122 Å². The molecule has 0 saturated carbocycles. The lowest BCUT2D eigenvalue weighted by molar-refractivity contribution is -0.138. The number of urea groups is 1. The van der Waals surface area contributed by atoms with Crippen LogP contribution in [0, 0.1) is 0 Å². The van der Waals surface area contributed by atoms with Crippen molar-refractivity contribution >= 4 is 29.6 Å². The van der Waals surface area contributed by atoms with Gasteiger partial charge in [0.15, 0.2) is 0 Å². The van der Waals surface area contributed by atoms with Crippen LogP contribution in [-0.4, -0.2) is 48.8 Å². The van der Waals surface area contributed by atoms with E-state index in [2.05, 4.69) is 26.3 Å². The van der Waals surface area contributed by atoms with E-state index in [1.165, 1.54) is 0 Å². The predicted octanol–water partition coefficient (Wildman–Crippen LogP) is 1.31. The normalized spacial score (nSPS) is 18.2. The molecule has 4 amide bonds. The molecule has 0 spiro atoms. The summed E-state index contributed by atoms with van der Waals surface area (Å²) in [5.41, 5.74) is 2.76. The Kier molecular flexibility index (Phi) is 5.67. The van der Waals surface area contributed by atoms with Crippen molar-refractivity contribution in [3.05, 3.63) is 71.8 Å². The van der Waals surface area contributed by atoms with Crippen molar-refractivity contribution in [3.8, 4) is 0 Å². The van der Waals surface area contributed by atoms with Crippen molar-refractivity contribution < 1.29 is 14.4 Å². The first-order valence-corrected chi connectivity index (χ1v) is 10.4. The van der Waals surface area contributed by atoms with Crippen LogP contribution >= 0.6 is 11.8 Å². The lowest BCUT2D eigenvalue weighted by Crippen LogP contribution is -2.48. The van der Waals surface area contributed by atoms with E-state index in [0.29, 0.717) is 22.3 Å². The molecule has 0 aliphatic carbocycles. The van der Waals surface area contributed by atoms with Gasteiger partial charge in [-0.25, -0.2) is 9.48 Å². The number of amides is 4. The Bertz CT molecular complexity index is 1110. The Morgan fingerprint density at radius 2 is 1.77 bits per heavy atom. The number of imide groups is 1. The standard InChI is InChI=1S/C20H19N7O3S/c1-20(15-10-6-3-7-11-15)17(29)27(18(30)21-20)23-16(28)13-31-19-22-24-25-26(19)12-14-8-4-2-5-9-14/h2-11H,12-13H2,1H3,(H,21,30)(H,23,28). The maximum atomic E-state index is 12.8. The second-order valence-corrected chi connectivity index (χ2v) is 7.93. The van der Waals surface area contributed by atoms with E-state index >= 15 is 0 Å². The number of tetrazole rings is 1. The van der Waals surface area contributed by atoms with Crippen molar-refractivity contribution in [2.24, 2.45) is 0 Å². The number of carbonyl (C=O) groups is 3. The van der Waals surface area contributed by atoms with Crippen LogP contribution < -0.4 is 10.7 Å². The van der Waals surface area contributed by atoms with Crippen molar-refractivity contribution in [1.82, 2.24) is 36.0 Å². The van der Waals surface area contributed by atoms with E-state index in [9.17, 15) is 14.4 Å². The minimum Gasteiger partial charge on any atom is -0.318 e. The third-order valence-corrected chi connectivity index (χ3v) is 5.74. The quantitative estimate of drug-likeness (QED) is 0.422. The van der Waals surface area contributed by atoms with Crippen molar-refractivity contribution in [1.29, 1.82) is 0 Å². The maximum Gasteiger partial charge on any atom is 0.344 e. The molecule has 10 nitrogen and oxygen atoms in total. The molecule has 1 aliphatic rings. The molecule has 1 aliphatic heterocycles. The number of hydrogen-bond acceptors (Lipinski definition) is 7. The molecule has 1 unspecified atom stereocenters. The summed E-state index contributed by atoms with van der Waals surface area (Å²) in [6, 6.07) is 17.8. The van der Waals surface area contributed by atoms with Crippen LogP contribution in [0.5, 0.6) is 0 Å². The Morgan fingerprint density at radius 1 is 1.10 bits per heavy atom. The van der Waals surface area contributed by atoms with Crippen LogP contribution in [0.1, 0.15) is 18.1 Å². The van der Waals surface area contributed by atoms with E-state index in [-0.39, 0.29) is 5.75 Å². The van der Waals surface area contributed by atoms with Gasteiger partial charge in [-0.3, -0.25) is 15.0 Å². The summed E-state index contributed by atoms with van der Waals surface area (Å²) in [7, 11) is 0. The number of hydrogen-bond donors (Lipinski definition) is 2. The SMILES string of the molecule is CC1(c2ccccc2)NC(=O)N(NC(=O)CSc2nnnn2Cc2ccccc2)C1=O. The summed E-state index contributed by atoms with van der Waals surface area (Å²) in [6.45, 7) is 2.06. The number of benzene rings is 2. The van der Waals surface area contributed by atoms with Gasteiger partial charge in [0.05, 0.1) is 12.3 Å². The average molecular weight is 437 g/mol. The van der Waals surface area contributed by atoms with Crippen LogP contribution in [0.15, 0.2) is 65.8 Å². The van der Waals surface area contributed by atoms with Crippen molar-refractivity contribution in [2.45, 2.75) is 24.2 Å². The summed E-state index contributed by atoms with van der Waals surface area (Å²) in [5, 5.41) is 15.3. The van der Waals surface area contributed by atoms with Gasteiger partial charge >= 0.3 is 6.03 Å². The molecule has 31 heavy (non-hydrogen) atoms. The van der Waals surface area contributed by atoms with Gasteiger partial charge < -0.3 is 5.32 Å². The third kappa shape index (κ3) is 4.26.